The third-order valence-corrected chi connectivity index (χ3v) is 2.80. The van der Waals surface area contributed by atoms with Crippen LogP contribution in [0.3, 0.4) is 0 Å². The highest BCUT2D eigenvalue weighted by molar-refractivity contribution is 6.16. The summed E-state index contributed by atoms with van der Waals surface area (Å²) in [4.78, 5) is 12.6. The van der Waals surface area contributed by atoms with E-state index >= 15 is 0 Å². The molecule has 1 aromatic carbocycles. The van der Waals surface area contributed by atoms with Crippen LogP contribution in [0.15, 0.2) is 41.1 Å². The summed E-state index contributed by atoms with van der Waals surface area (Å²) in [6, 6.07) is 7.58. The van der Waals surface area contributed by atoms with Gasteiger partial charge in [0.1, 0.15) is 17.4 Å². The number of rotatable bonds is 3. The molecule has 0 saturated heterocycles. The number of hydrogen-bond acceptors (Lipinski definition) is 5. The molecule has 2 aromatic heterocycles. The minimum absolute atomic E-state index is 0.142. The first-order valence-electron chi connectivity index (χ1n) is 5.74. The summed E-state index contributed by atoms with van der Waals surface area (Å²) in [5.41, 5.74) is 1.22. The molecule has 0 aliphatic carbocycles. The minimum atomic E-state index is -0.310. The predicted molar refractivity (Wildman–Crippen MR) is 70.3 cm³/mol. The van der Waals surface area contributed by atoms with Crippen LogP contribution in [-0.4, -0.2) is 20.1 Å². The number of benzene rings is 1. The van der Waals surface area contributed by atoms with Gasteiger partial charge in [0.05, 0.1) is 0 Å². The molecule has 5 nitrogen and oxygen atoms in total. The van der Waals surface area contributed by atoms with Gasteiger partial charge < -0.3 is 4.52 Å². The van der Waals surface area contributed by atoms with Crippen LogP contribution in [-0.2, 0) is 5.88 Å². The number of alkyl halides is 1. The summed E-state index contributed by atoms with van der Waals surface area (Å²) in [7, 11) is 0. The van der Waals surface area contributed by atoms with Gasteiger partial charge in [0.25, 0.3) is 0 Å². The molecule has 0 bridgehead atoms. The van der Waals surface area contributed by atoms with Gasteiger partial charge in [-0.2, -0.15) is 4.98 Å². The van der Waals surface area contributed by atoms with Crippen molar-refractivity contribution in [2.75, 3.05) is 0 Å². The van der Waals surface area contributed by atoms with Gasteiger partial charge in [-0.3, -0.25) is 0 Å². The van der Waals surface area contributed by atoms with E-state index in [1.165, 1.54) is 12.1 Å². The lowest BCUT2D eigenvalue weighted by atomic mass is 10.2. The van der Waals surface area contributed by atoms with Gasteiger partial charge in [-0.15, -0.1) is 11.6 Å². The standard InChI is InChI=1S/C13H8ClFN4O/c14-7-11-18-13(19-20-11)10-5-6-16-12(17-10)8-1-3-9(15)4-2-8/h1-6H,7H2. The number of hydrogen-bond donors (Lipinski definition) is 0. The second-order valence-corrected chi connectivity index (χ2v) is 4.18. The van der Waals surface area contributed by atoms with E-state index in [4.69, 9.17) is 16.1 Å². The van der Waals surface area contributed by atoms with Gasteiger partial charge >= 0.3 is 0 Å². The van der Waals surface area contributed by atoms with E-state index < -0.39 is 0 Å². The summed E-state index contributed by atoms with van der Waals surface area (Å²) < 4.78 is 17.8. The van der Waals surface area contributed by atoms with Crippen LogP contribution in [0.25, 0.3) is 22.9 Å². The Labute approximate surface area is 118 Å². The maximum Gasteiger partial charge on any atom is 0.241 e. The molecule has 3 aromatic rings. The lowest BCUT2D eigenvalue weighted by Gasteiger charge is -2.01. The van der Waals surface area contributed by atoms with Crippen LogP contribution < -0.4 is 0 Å². The smallest absolute Gasteiger partial charge is 0.241 e. The Morgan fingerprint density at radius 1 is 1.05 bits per heavy atom. The molecule has 0 radical (unpaired) electrons. The highest BCUT2D eigenvalue weighted by atomic mass is 35.5. The molecule has 7 heteroatoms. The zero-order valence-corrected chi connectivity index (χ0v) is 10.9. The van der Waals surface area contributed by atoms with Crippen LogP contribution in [0, 0.1) is 5.82 Å². The lowest BCUT2D eigenvalue weighted by Crippen LogP contribution is -1.93. The van der Waals surface area contributed by atoms with E-state index in [0.717, 1.165) is 0 Å². The quantitative estimate of drug-likeness (QED) is 0.694. The van der Waals surface area contributed by atoms with Gasteiger partial charge in [-0.25, -0.2) is 14.4 Å². The monoisotopic (exact) mass is 290 g/mol. The first kappa shape index (κ1) is 12.7. The van der Waals surface area contributed by atoms with E-state index in [-0.39, 0.29) is 11.7 Å². The molecule has 0 atom stereocenters. The van der Waals surface area contributed by atoms with Gasteiger partial charge in [-0.05, 0) is 30.3 Å². The van der Waals surface area contributed by atoms with E-state index in [1.54, 1.807) is 24.4 Å². The van der Waals surface area contributed by atoms with Crippen molar-refractivity contribution in [1.82, 2.24) is 20.1 Å². The summed E-state index contributed by atoms with van der Waals surface area (Å²) >= 11 is 5.61. The average molecular weight is 291 g/mol. The SMILES string of the molecule is Fc1ccc(-c2nccc(-c3noc(CCl)n3)n2)cc1. The fourth-order valence-electron chi connectivity index (χ4n) is 1.63. The number of aromatic nitrogens is 4. The van der Waals surface area contributed by atoms with Crippen molar-refractivity contribution in [3.8, 4) is 22.9 Å². The molecule has 0 N–H and O–H groups in total. The van der Waals surface area contributed by atoms with Gasteiger partial charge in [-0.1, -0.05) is 5.16 Å². The van der Waals surface area contributed by atoms with Crippen molar-refractivity contribution >= 4 is 11.6 Å². The van der Waals surface area contributed by atoms with Crippen molar-refractivity contribution in [3.63, 3.8) is 0 Å². The van der Waals surface area contributed by atoms with Gasteiger partial charge in [0, 0.05) is 11.8 Å². The predicted octanol–water partition coefficient (Wildman–Crippen LogP) is 3.07. The summed E-state index contributed by atoms with van der Waals surface area (Å²) in [6.07, 6.45) is 1.58. The van der Waals surface area contributed by atoms with Crippen LogP contribution >= 0.6 is 11.6 Å². The molecule has 0 aliphatic rings. The molecule has 0 amide bonds. The third kappa shape index (κ3) is 2.50. The Kier molecular flexibility index (Phi) is 3.39. The highest BCUT2D eigenvalue weighted by Gasteiger charge is 2.11. The zero-order valence-electron chi connectivity index (χ0n) is 10.1. The second-order valence-electron chi connectivity index (χ2n) is 3.92. The number of halogens is 2. The molecule has 0 spiro atoms. The Morgan fingerprint density at radius 3 is 2.55 bits per heavy atom. The molecule has 100 valence electrons. The zero-order chi connectivity index (χ0) is 13.9. The van der Waals surface area contributed by atoms with Crippen molar-refractivity contribution in [2.45, 2.75) is 5.88 Å². The van der Waals surface area contributed by atoms with E-state index in [0.29, 0.717) is 28.8 Å². The molecule has 0 unspecified atom stereocenters. The van der Waals surface area contributed by atoms with E-state index in [1.807, 2.05) is 0 Å². The largest absolute Gasteiger partial charge is 0.338 e. The molecular formula is C13H8ClFN4O. The van der Waals surface area contributed by atoms with Crippen molar-refractivity contribution in [3.05, 3.63) is 48.2 Å². The molecule has 0 saturated carbocycles. The van der Waals surface area contributed by atoms with Gasteiger partial charge in [0.15, 0.2) is 5.82 Å². The van der Waals surface area contributed by atoms with Crippen LogP contribution in [0.4, 0.5) is 4.39 Å². The van der Waals surface area contributed by atoms with Crippen LogP contribution in [0.5, 0.6) is 0 Å². The molecule has 3 rings (SSSR count). The Morgan fingerprint density at radius 2 is 1.85 bits per heavy atom. The maximum atomic E-state index is 12.9. The van der Waals surface area contributed by atoms with Crippen molar-refractivity contribution in [1.29, 1.82) is 0 Å². The van der Waals surface area contributed by atoms with E-state index in [2.05, 4.69) is 20.1 Å². The van der Waals surface area contributed by atoms with Crippen molar-refractivity contribution in [2.24, 2.45) is 0 Å². The molecular weight excluding hydrogens is 283 g/mol. The fourth-order valence-corrected chi connectivity index (χ4v) is 1.74. The minimum Gasteiger partial charge on any atom is -0.338 e. The first-order chi connectivity index (χ1) is 9.76. The lowest BCUT2D eigenvalue weighted by molar-refractivity contribution is 0.391. The highest BCUT2D eigenvalue weighted by Crippen LogP contribution is 2.19. The fraction of sp³-hybridized carbons (Fsp3) is 0.0769. The summed E-state index contributed by atoms with van der Waals surface area (Å²) in [6.45, 7) is 0. The topological polar surface area (TPSA) is 64.7 Å². The van der Waals surface area contributed by atoms with Crippen LogP contribution in [0.1, 0.15) is 5.89 Å². The summed E-state index contributed by atoms with van der Waals surface area (Å²) in [5, 5.41) is 3.79. The third-order valence-electron chi connectivity index (χ3n) is 2.57. The first-order valence-corrected chi connectivity index (χ1v) is 6.27. The molecule has 0 aliphatic heterocycles. The Bertz CT molecular complexity index is 729. The number of nitrogens with zero attached hydrogens (tertiary/aromatic N) is 4. The Hall–Kier alpha value is -2.34. The van der Waals surface area contributed by atoms with Gasteiger partial charge in [0.2, 0.25) is 11.7 Å². The maximum absolute atomic E-state index is 12.9. The van der Waals surface area contributed by atoms with Crippen LogP contribution in [0.2, 0.25) is 0 Å². The molecule has 20 heavy (non-hydrogen) atoms. The average Bonchev–Trinajstić information content (AvgIpc) is 2.97. The normalized spacial score (nSPS) is 10.7. The molecule has 0 fully saturated rings. The van der Waals surface area contributed by atoms with Crippen molar-refractivity contribution < 1.29 is 8.91 Å². The summed E-state index contributed by atoms with van der Waals surface area (Å²) in [5.74, 6) is 0.952. The second kappa shape index (κ2) is 5.34. The molecule has 2 heterocycles. The Balaban J connectivity index is 1.98. The van der Waals surface area contributed by atoms with E-state index in [9.17, 15) is 4.39 Å².